The number of rotatable bonds is 6. The van der Waals surface area contributed by atoms with Crippen molar-refractivity contribution < 1.29 is 23.1 Å². The fraction of sp³-hybridized carbons (Fsp3) is 0.294. The van der Waals surface area contributed by atoms with Gasteiger partial charge in [-0.3, -0.25) is 14.3 Å². The predicted octanol–water partition coefficient (Wildman–Crippen LogP) is 2.53. The number of sulfonamides is 1. The van der Waals surface area contributed by atoms with E-state index in [-0.39, 0.29) is 15.5 Å². The van der Waals surface area contributed by atoms with Gasteiger partial charge < -0.3 is 10.4 Å². The molecule has 7 nitrogen and oxygen atoms in total. The van der Waals surface area contributed by atoms with Gasteiger partial charge in [0.2, 0.25) is 0 Å². The first-order valence-electron chi connectivity index (χ1n) is 8.07. The number of carboxylic acid groups (broad SMARTS) is 1. The molecule has 2 atom stereocenters. The van der Waals surface area contributed by atoms with Crippen molar-refractivity contribution in [3.05, 3.63) is 47.3 Å². The SMILES string of the molecule is O=C(N[C@H]1CCC[C@H]1C(=O)O)c1cccc(NS(=O)(=O)c2cccs2)c1. The third-order valence-corrected chi connectivity index (χ3v) is 7.07. The number of carbonyl (C=O) groups excluding carboxylic acids is 1. The molecule has 9 heteroatoms. The van der Waals surface area contributed by atoms with E-state index in [0.29, 0.717) is 12.8 Å². The van der Waals surface area contributed by atoms with E-state index < -0.39 is 33.9 Å². The molecule has 0 bridgehead atoms. The van der Waals surface area contributed by atoms with Gasteiger partial charge in [-0.2, -0.15) is 0 Å². The Hall–Kier alpha value is -2.39. The summed E-state index contributed by atoms with van der Waals surface area (Å²) >= 11 is 1.10. The Balaban J connectivity index is 1.73. The average Bonchev–Trinajstić information content (AvgIpc) is 3.26. The van der Waals surface area contributed by atoms with Gasteiger partial charge in [0.05, 0.1) is 5.92 Å². The van der Waals surface area contributed by atoms with E-state index in [0.717, 1.165) is 17.8 Å². The molecule has 1 saturated carbocycles. The minimum absolute atomic E-state index is 0.183. The van der Waals surface area contributed by atoms with Crippen LogP contribution in [0.2, 0.25) is 0 Å². The summed E-state index contributed by atoms with van der Waals surface area (Å²) in [5, 5.41) is 13.6. The van der Waals surface area contributed by atoms with E-state index in [4.69, 9.17) is 0 Å². The highest BCUT2D eigenvalue weighted by Gasteiger charge is 2.34. The summed E-state index contributed by atoms with van der Waals surface area (Å²) in [6.07, 6.45) is 1.91. The van der Waals surface area contributed by atoms with Crippen molar-refractivity contribution in [2.24, 2.45) is 5.92 Å². The number of thiophene rings is 1. The van der Waals surface area contributed by atoms with Gasteiger partial charge in [0, 0.05) is 17.3 Å². The predicted molar refractivity (Wildman–Crippen MR) is 97.8 cm³/mol. The minimum atomic E-state index is -3.70. The molecule has 2 aromatic rings. The highest BCUT2D eigenvalue weighted by Crippen LogP contribution is 2.26. The van der Waals surface area contributed by atoms with Crippen molar-refractivity contribution in [3.8, 4) is 0 Å². The Morgan fingerprint density at radius 3 is 2.65 bits per heavy atom. The van der Waals surface area contributed by atoms with Crippen molar-refractivity contribution >= 4 is 38.9 Å². The van der Waals surface area contributed by atoms with Crippen LogP contribution in [0.1, 0.15) is 29.6 Å². The highest BCUT2D eigenvalue weighted by molar-refractivity contribution is 7.94. The average molecular weight is 394 g/mol. The van der Waals surface area contributed by atoms with Crippen molar-refractivity contribution in [3.63, 3.8) is 0 Å². The molecule has 0 aliphatic heterocycles. The summed E-state index contributed by atoms with van der Waals surface area (Å²) in [7, 11) is -3.70. The molecule has 1 aliphatic carbocycles. The maximum Gasteiger partial charge on any atom is 0.308 e. The number of anilines is 1. The van der Waals surface area contributed by atoms with Gasteiger partial charge >= 0.3 is 5.97 Å². The first kappa shape index (κ1) is 18.4. The largest absolute Gasteiger partial charge is 0.481 e. The second kappa shape index (κ2) is 7.46. The summed E-state index contributed by atoms with van der Waals surface area (Å²) in [5.74, 6) is -1.91. The number of hydrogen-bond acceptors (Lipinski definition) is 5. The zero-order valence-electron chi connectivity index (χ0n) is 13.7. The second-order valence-electron chi connectivity index (χ2n) is 6.07. The second-order valence-corrected chi connectivity index (χ2v) is 8.93. The fourth-order valence-corrected chi connectivity index (χ4v) is 5.07. The maximum atomic E-state index is 12.4. The fourth-order valence-electron chi connectivity index (χ4n) is 3.03. The van der Waals surface area contributed by atoms with Crippen LogP contribution >= 0.6 is 11.3 Å². The molecule has 0 unspecified atom stereocenters. The molecule has 3 N–H and O–H groups in total. The normalized spacial score (nSPS) is 19.8. The van der Waals surface area contributed by atoms with E-state index in [1.165, 1.54) is 12.1 Å². The molecule has 1 amide bonds. The molecule has 3 rings (SSSR count). The summed E-state index contributed by atoms with van der Waals surface area (Å²) in [4.78, 5) is 23.7. The number of benzene rings is 1. The number of hydrogen-bond donors (Lipinski definition) is 3. The quantitative estimate of drug-likeness (QED) is 0.697. The molecule has 1 fully saturated rings. The van der Waals surface area contributed by atoms with E-state index in [2.05, 4.69) is 10.0 Å². The highest BCUT2D eigenvalue weighted by atomic mass is 32.2. The number of aliphatic carboxylic acids is 1. The third kappa shape index (κ3) is 4.05. The summed E-state index contributed by atoms with van der Waals surface area (Å²) in [6.45, 7) is 0. The van der Waals surface area contributed by atoms with E-state index >= 15 is 0 Å². The van der Waals surface area contributed by atoms with Gasteiger partial charge in [0.1, 0.15) is 4.21 Å². The molecule has 0 spiro atoms. The van der Waals surface area contributed by atoms with Crippen LogP contribution in [-0.4, -0.2) is 31.4 Å². The number of carbonyl (C=O) groups is 2. The molecule has 1 aliphatic rings. The molecule has 1 aromatic heterocycles. The summed E-state index contributed by atoms with van der Waals surface area (Å²) < 4.78 is 27.2. The zero-order valence-corrected chi connectivity index (χ0v) is 15.3. The molecule has 0 saturated heterocycles. The first-order chi connectivity index (χ1) is 12.4. The van der Waals surface area contributed by atoms with Crippen molar-refractivity contribution in [1.29, 1.82) is 0 Å². The Morgan fingerprint density at radius 1 is 1.15 bits per heavy atom. The lowest BCUT2D eigenvalue weighted by atomic mass is 10.0. The summed E-state index contributed by atoms with van der Waals surface area (Å²) in [6, 6.07) is 8.85. The van der Waals surface area contributed by atoms with Gasteiger partial charge in [-0.15, -0.1) is 11.3 Å². The molecule has 26 heavy (non-hydrogen) atoms. The van der Waals surface area contributed by atoms with Crippen LogP contribution in [0.4, 0.5) is 5.69 Å². The van der Waals surface area contributed by atoms with Crippen LogP contribution in [-0.2, 0) is 14.8 Å². The summed E-state index contributed by atoms with van der Waals surface area (Å²) in [5.41, 5.74) is 0.541. The van der Waals surface area contributed by atoms with Crippen LogP contribution in [0.5, 0.6) is 0 Å². The lowest BCUT2D eigenvalue weighted by molar-refractivity contribution is -0.142. The number of amides is 1. The zero-order chi connectivity index (χ0) is 18.7. The first-order valence-corrected chi connectivity index (χ1v) is 10.4. The topological polar surface area (TPSA) is 113 Å². The molecule has 1 heterocycles. The van der Waals surface area contributed by atoms with Crippen LogP contribution < -0.4 is 10.0 Å². The van der Waals surface area contributed by atoms with Gasteiger partial charge in [-0.1, -0.05) is 18.6 Å². The minimum Gasteiger partial charge on any atom is -0.481 e. The van der Waals surface area contributed by atoms with Crippen molar-refractivity contribution in [2.45, 2.75) is 29.5 Å². The van der Waals surface area contributed by atoms with Crippen LogP contribution in [0.25, 0.3) is 0 Å². The van der Waals surface area contributed by atoms with Gasteiger partial charge in [0.25, 0.3) is 15.9 Å². The molecule has 1 aromatic carbocycles. The molecular formula is C17H18N2O5S2. The van der Waals surface area contributed by atoms with Crippen molar-refractivity contribution in [1.82, 2.24) is 5.32 Å². The lowest BCUT2D eigenvalue weighted by Gasteiger charge is -2.18. The van der Waals surface area contributed by atoms with Crippen molar-refractivity contribution in [2.75, 3.05) is 4.72 Å². The number of nitrogens with one attached hydrogen (secondary N) is 2. The molecular weight excluding hydrogens is 376 g/mol. The van der Waals surface area contributed by atoms with Crippen LogP contribution in [0.15, 0.2) is 46.0 Å². The van der Waals surface area contributed by atoms with Gasteiger partial charge in [0.15, 0.2) is 0 Å². The van der Waals surface area contributed by atoms with E-state index in [1.54, 1.807) is 29.6 Å². The Kier molecular flexibility index (Phi) is 5.28. The monoisotopic (exact) mass is 394 g/mol. The molecule has 138 valence electrons. The molecule has 0 radical (unpaired) electrons. The lowest BCUT2D eigenvalue weighted by Crippen LogP contribution is -2.40. The third-order valence-electron chi connectivity index (χ3n) is 4.29. The van der Waals surface area contributed by atoms with E-state index in [1.807, 2.05) is 0 Å². The van der Waals surface area contributed by atoms with Gasteiger partial charge in [-0.25, -0.2) is 8.42 Å². The standard InChI is InChI=1S/C17H18N2O5S2/c20-16(18-14-7-2-6-13(14)17(21)22)11-4-1-5-12(10-11)19-26(23,24)15-8-3-9-25-15/h1,3-5,8-10,13-14,19H,2,6-7H2,(H,18,20)(H,21,22)/t13-,14+/m1/s1. The Morgan fingerprint density at radius 2 is 1.96 bits per heavy atom. The maximum absolute atomic E-state index is 12.4. The van der Waals surface area contributed by atoms with Crippen LogP contribution in [0.3, 0.4) is 0 Å². The smallest absolute Gasteiger partial charge is 0.308 e. The van der Waals surface area contributed by atoms with Crippen LogP contribution in [0, 0.1) is 5.92 Å². The number of carboxylic acids is 1. The van der Waals surface area contributed by atoms with Gasteiger partial charge in [-0.05, 0) is 42.5 Å². The Labute approximate surface area is 155 Å². The van der Waals surface area contributed by atoms with E-state index in [9.17, 15) is 23.1 Å². The Bertz CT molecular complexity index is 909.